The molecule has 1 N–H and O–H groups in total. The number of sulfonamides is 1. The maximum absolute atomic E-state index is 13.6. The zero-order valence-electron chi connectivity index (χ0n) is 19.4. The Balaban J connectivity index is 1.40. The number of nitrogens with one attached hydrogen (secondary N) is 1. The maximum atomic E-state index is 13.6. The van der Waals surface area contributed by atoms with Gasteiger partial charge in [0.25, 0.3) is 10.0 Å². The van der Waals surface area contributed by atoms with Crippen LogP contribution in [-0.2, 0) is 16.2 Å². The van der Waals surface area contributed by atoms with Gasteiger partial charge in [0.1, 0.15) is 16.1 Å². The molecule has 3 aromatic rings. The van der Waals surface area contributed by atoms with Crippen molar-refractivity contribution in [2.45, 2.75) is 29.8 Å². The molecule has 3 heterocycles. The molecule has 1 aromatic heterocycles. The number of aryl methyl sites for hydroxylation is 1. The van der Waals surface area contributed by atoms with E-state index in [1.807, 2.05) is 24.9 Å². The average Bonchev–Trinajstić information content (AvgIpc) is 3.53. The molecule has 12 heteroatoms. The lowest BCUT2D eigenvalue weighted by Crippen LogP contribution is -2.23. The number of nitrogens with zero attached hydrogens (tertiary/aromatic N) is 1. The fourth-order valence-electron chi connectivity index (χ4n) is 4.21. The number of likely N-dealkylation sites (N-methyl/N-ethyl adjacent to an activating group) is 1. The van der Waals surface area contributed by atoms with Crippen molar-refractivity contribution in [3.05, 3.63) is 53.6 Å². The van der Waals surface area contributed by atoms with Crippen LogP contribution in [-0.4, -0.2) is 46.4 Å². The van der Waals surface area contributed by atoms with Crippen molar-refractivity contribution in [2.75, 3.05) is 31.7 Å². The van der Waals surface area contributed by atoms with E-state index in [0.717, 1.165) is 40.7 Å². The van der Waals surface area contributed by atoms with Crippen molar-refractivity contribution < 1.29 is 35.8 Å². The highest BCUT2D eigenvalue weighted by molar-refractivity contribution is 7.94. The van der Waals surface area contributed by atoms with Crippen molar-refractivity contribution in [3.63, 3.8) is 0 Å². The number of ether oxygens (including phenoxy) is 3. The second-order valence-electron chi connectivity index (χ2n) is 8.74. The molecule has 36 heavy (non-hydrogen) atoms. The lowest BCUT2D eigenvalue weighted by Gasteiger charge is -2.19. The van der Waals surface area contributed by atoms with E-state index in [1.165, 1.54) is 6.07 Å². The Morgan fingerprint density at radius 3 is 2.56 bits per heavy atom. The topological polar surface area (TPSA) is 77.1 Å². The molecule has 1 saturated heterocycles. The summed E-state index contributed by atoms with van der Waals surface area (Å²) in [5.41, 5.74) is 0.729. The first-order valence-corrected chi connectivity index (χ1v) is 13.4. The molecule has 2 aromatic carbocycles. The van der Waals surface area contributed by atoms with Crippen LogP contribution >= 0.6 is 11.3 Å². The number of halogens is 3. The van der Waals surface area contributed by atoms with E-state index in [9.17, 15) is 21.6 Å². The summed E-state index contributed by atoms with van der Waals surface area (Å²) in [6.07, 6.45) is -4.46. The quantitative estimate of drug-likeness (QED) is 0.454. The van der Waals surface area contributed by atoms with Gasteiger partial charge in [0.05, 0.1) is 11.3 Å². The summed E-state index contributed by atoms with van der Waals surface area (Å²) in [7, 11) is -2.20. The second kappa shape index (κ2) is 9.16. The number of hydrogen-bond donors (Lipinski definition) is 1. The first kappa shape index (κ1) is 24.7. The van der Waals surface area contributed by atoms with Crippen molar-refractivity contribution in [1.82, 2.24) is 4.90 Å². The van der Waals surface area contributed by atoms with E-state index in [1.54, 1.807) is 12.1 Å². The first-order chi connectivity index (χ1) is 17.0. The fraction of sp³-hybridized carbons (Fsp3) is 0.333. The SMILES string of the molecule is Cc1cc2c(cc1-c1ccc(S(=O)(=O)Nc3ccc(C(F)(F)F)c(O[C@@H]4CCN(C)C4)c3)s1)OCO2. The lowest BCUT2D eigenvalue weighted by molar-refractivity contribution is -0.139. The van der Waals surface area contributed by atoms with Gasteiger partial charge >= 0.3 is 6.18 Å². The van der Waals surface area contributed by atoms with Crippen LogP contribution in [0.2, 0.25) is 0 Å². The minimum atomic E-state index is -4.64. The van der Waals surface area contributed by atoms with Crippen LogP contribution in [0.25, 0.3) is 10.4 Å². The monoisotopic (exact) mass is 540 g/mol. The van der Waals surface area contributed by atoms with Gasteiger partial charge in [-0.05, 0) is 67.9 Å². The molecule has 0 radical (unpaired) electrons. The van der Waals surface area contributed by atoms with Crippen LogP contribution in [0, 0.1) is 6.92 Å². The van der Waals surface area contributed by atoms with Crippen LogP contribution < -0.4 is 18.9 Å². The van der Waals surface area contributed by atoms with E-state index in [4.69, 9.17) is 14.2 Å². The predicted octanol–water partition coefficient (Wildman–Crippen LogP) is 5.35. The van der Waals surface area contributed by atoms with E-state index in [-0.39, 0.29) is 16.7 Å². The molecule has 1 fully saturated rings. The predicted molar refractivity (Wildman–Crippen MR) is 129 cm³/mol. The van der Waals surface area contributed by atoms with Crippen LogP contribution in [0.5, 0.6) is 17.2 Å². The zero-order chi connectivity index (χ0) is 25.7. The third-order valence-corrected chi connectivity index (χ3v) is 9.00. The van der Waals surface area contributed by atoms with Gasteiger partial charge in [-0.3, -0.25) is 4.72 Å². The van der Waals surface area contributed by atoms with Gasteiger partial charge in [0, 0.05) is 24.0 Å². The number of hydrogen-bond acceptors (Lipinski definition) is 7. The molecule has 0 aliphatic carbocycles. The standard InChI is InChI=1S/C24H23F3N2O5S2/c1-14-9-20-21(33-13-32-20)11-17(14)22-5-6-23(35-22)36(30,31)28-15-3-4-18(24(25,26)27)19(10-15)34-16-7-8-29(2)12-16/h3-6,9-11,16,28H,7-8,12-13H2,1-2H3/t16-/m1/s1. The van der Waals surface area contributed by atoms with Crippen LogP contribution in [0.1, 0.15) is 17.5 Å². The minimum absolute atomic E-state index is 0.0152. The van der Waals surface area contributed by atoms with Crippen molar-refractivity contribution in [1.29, 1.82) is 0 Å². The number of rotatable bonds is 6. The number of likely N-dealkylation sites (tertiary alicyclic amines) is 1. The molecule has 0 bridgehead atoms. The largest absolute Gasteiger partial charge is 0.488 e. The second-order valence-corrected chi connectivity index (χ2v) is 11.7. The Hall–Kier alpha value is -2.96. The minimum Gasteiger partial charge on any atom is -0.488 e. The fourth-order valence-corrected chi connectivity index (χ4v) is 6.65. The summed E-state index contributed by atoms with van der Waals surface area (Å²) in [4.78, 5) is 2.66. The molecule has 0 unspecified atom stereocenters. The molecule has 2 aliphatic rings. The molecular weight excluding hydrogens is 517 g/mol. The van der Waals surface area contributed by atoms with Gasteiger partial charge < -0.3 is 19.1 Å². The van der Waals surface area contributed by atoms with E-state index < -0.39 is 33.6 Å². The smallest absolute Gasteiger partial charge is 0.419 e. The Bertz CT molecular complexity index is 1410. The lowest BCUT2D eigenvalue weighted by atomic mass is 10.1. The van der Waals surface area contributed by atoms with Crippen molar-refractivity contribution in [3.8, 4) is 27.7 Å². The Labute approximate surface area is 210 Å². The number of thiophene rings is 1. The molecular formula is C24H23F3N2O5S2. The van der Waals surface area contributed by atoms with Crippen LogP contribution in [0.4, 0.5) is 18.9 Å². The molecule has 1 atom stereocenters. The zero-order valence-corrected chi connectivity index (χ0v) is 21.0. The summed E-state index contributed by atoms with van der Waals surface area (Å²) in [5.74, 6) is 0.815. The normalized spacial score (nSPS) is 18.0. The van der Waals surface area contributed by atoms with Crippen molar-refractivity contribution >= 4 is 27.0 Å². The van der Waals surface area contributed by atoms with Crippen LogP contribution in [0.3, 0.4) is 0 Å². The van der Waals surface area contributed by atoms with E-state index >= 15 is 0 Å². The molecule has 0 saturated carbocycles. The average molecular weight is 541 g/mol. The molecule has 192 valence electrons. The summed E-state index contributed by atoms with van der Waals surface area (Å²) in [6, 6.07) is 9.79. The molecule has 2 aliphatic heterocycles. The number of benzene rings is 2. The van der Waals surface area contributed by atoms with Gasteiger partial charge in [0.15, 0.2) is 11.5 Å². The highest BCUT2D eigenvalue weighted by atomic mass is 32.2. The van der Waals surface area contributed by atoms with Crippen LogP contribution in [0.15, 0.2) is 46.7 Å². The van der Waals surface area contributed by atoms with Gasteiger partial charge in [-0.1, -0.05) is 0 Å². The first-order valence-electron chi connectivity index (χ1n) is 11.1. The summed E-state index contributed by atoms with van der Waals surface area (Å²) >= 11 is 1.05. The highest BCUT2D eigenvalue weighted by Gasteiger charge is 2.36. The molecule has 5 rings (SSSR count). The summed E-state index contributed by atoms with van der Waals surface area (Å²) in [6.45, 7) is 3.21. The van der Waals surface area contributed by atoms with E-state index in [2.05, 4.69) is 4.72 Å². The van der Waals surface area contributed by atoms with E-state index in [0.29, 0.717) is 35.9 Å². The van der Waals surface area contributed by atoms with Gasteiger partial charge in [0.2, 0.25) is 6.79 Å². The molecule has 0 spiro atoms. The molecule has 7 nitrogen and oxygen atoms in total. The maximum Gasteiger partial charge on any atom is 0.419 e. The number of anilines is 1. The summed E-state index contributed by atoms with van der Waals surface area (Å²) < 4.78 is 85.7. The van der Waals surface area contributed by atoms with Crippen molar-refractivity contribution in [2.24, 2.45) is 0 Å². The Morgan fingerprint density at radius 2 is 1.86 bits per heavy atom. The van der Waals surface area contributed by atoms with Gasteiger partial charge in [-0.15, -0.1) is 11.3 Å². The third-order valence-electron chi connectivity index (χ3n) is 6.01. The summed E-state index contributed by atoms with van der Waals surface area (Å²) in [5, 5.41) is 0. The number of fused-ring (bicyclic) bond motifs is 1. The number of alkyl halides is 3. The van der Waals surface area contributed by atoms with Gasteiger partial charge in [-0.25, -0.2) is 8.42 Å². The highest BCUT2D eigenvalue weighted by Crippen LogP contribution is 2.42. The van der Waals surface area contributed by atoms with Gasteiger partial charge in [-0.2, -0.15) is 13.2 Å². The molecule has 0 amide bonds. The Kier molecular flexibility index (Phi) is 6.29. The third kappa shape index (κ3) is 4.97. The Morgan fingerprint density at radius 1 is 1.11 bits per heavy atom.